The molecule has 7 heterocycles. The van der Waals surface area contributed by atoms with Gasteiger partial charge in [-0.25, -0.2) is 9.97 Å². The Morgan fingerprint density at radius 1 is 0.420 bits per heavy atom. The van der Waals surface area contributed by atoms with Gasteiger partial charge in [-0.2, -0.15) is 0 Å². The van der Waals surface area contributed by atoms with Gasteiger partial charge in [-0.1, -0.05) is 194 Å². The lowest BCUT2D eigenvalue weighted by atomic mass is 9.69. The van der Waals surface area contributed by atoms with Crippen LogP contribution in [-0.4, -0.2) is 34.5 Å². The summed E-state index contributed by atoms with van der Waals surface area (Å²) in [4.78, 5) is 28.0. The summed E-state index contributed by atoms with van der Waals surface area (Å²) in [6.07, 6.45) is 18.9. The number of rotatable bonds is 7. The molecule has 13 aromatic rings. The number of halogens is 1. The van der Waals surface area contributed by atoms with E-state index in [1.807, 2.05) is 73.1 Å². The molecular formula is C73H50BrN7. The molecule has 0 spiro atoms. The summed E-state index contributed by atoms with van der Waals surface area (Å²) >= 11 is 3.33. The van der Waals surface area contributed by atoms with Crippen molar-refractivity contribution in [3.8, 4) is 50.6 Å². The molecular weight excluding hydrogens is 1050 g/mol. The Hall–Kier alpha value is -10.0. The molecule has 7 aromatic heterocycles. The maximum absolute atomic E-state index is 5.29. The number of benzene rings is 6. The van der Waals surface area contributed by atoms with Crippen molar-refractivity contribution in [1.82, 2.24) is 34.5 Å². The van der Waals surface area contributed by atoms with Crippen molar-refractivity contribution < 1.29 is 0 Å². The highest BCUT2D eigenvalue weighted by atomic mass is 79.9. The minimum Gasteiger partial charge on any atom is -0.300 e. The van der Waals surface area contributed by atoms with Crippen molar-refractivity contribution in [1.29, 1.82) is 0 Å². The topological polar surface area (TPSA) is 82.3 Å². The van der Waals surface area contributed by atoms with Gasteiger partial charge in [0.05, 0.1) is 45.3 Å². The fraction of sp³-hybridized carbons (Fsp3) is 0.0411. The van der Waals surface area contributed by atoms with Crippen molar-refractivity contribution in [2.45, 2.75) is 17.3 Å². The van der Waals surface area contributed by atoms with Crippen LogP contribution in [0.5, 0.6) is 0 Å². The quantitative estimate of drug-likeness (QED) is 0.148. The van der Waals surface area contributed by atoms with E-state index in [4.69, 9.17) is 15.0 Å². The van der Waals surface area contributed by atoms with E-state index in [1.165, 1.54) is 72.1 Å². The second kappa shape index (κ2) is 21.0. The second-order valence-electron chi connectivity index (χ2n) is 20.3. The molecule has 81 heavy (non-hydrogen) atoms. The van der Waals surface area contributed by atoms with Crippen LogP contribution < -0.4 is 0 Å². The Kier molecular flexibility index (Phi) is 12.8. The van der Waals surface area contributed by atoms with Gasteiger partial charge in [0.25, 0.3) is 0 Å². The molecule has 0 atom stereocenters. The second-order valence-corrected chi connectivity index (χ2v) is 21.1. The first-order valence-corrected chi connectivity index (χ1v) is 27.9. The molecule has 0 unspecified atom stereocenters. The van der Waals surface area contributed by atoms with Crippen molar-refractivity contribution in [2.24, 2.45) is 0 Å². The number of hydrogen-bond donors (Lipinski definition) is 0. The van der Waals surface area contributed by atoms with Gasteiger partial charge in [0.1, 0.15) is 10.4 Å². The first kappa shape index (κ1) is 49.3. The largest absolute Gasteiger partial charge is 0.300 e. The standard InChI is InChI=1S/C36H24N4.C27H19N.C10H7BrN2/c1-3-12-26(13-4-1)36(27-14-5-2-6-15-27)30-17-8-7-16-28(30)34-29-20-22-40(32(29)24-38-35(34)36)33-19-9-18-31(39-33)25-11-10-21-37-23-25;1-3-11-20(12-4-1)27(21-13-5-2-6-14-21)24-17-8-7-15-23(24)25-22-16-9-10-19(22)18-28-26(25)27;11-10-5-1-4-9(13-10)8-3-2-6-12-7-8/h1-24H;1-9,11-18H,10H2;1-7H. The summed E-state index contributed by atoms with van der Waals surface area (Å²) in [5.74, 6) is 0.849. The Morgan fingerprint density at radius 3 is 1.46 bits per heavy atom. The molecule has 7 nitrogen and oxygen atoms in total. The molecule has 0 aliphatic heterocycles. The molecule has 384 valence electrons. The van der Waals surface area contributed by atoms with E-state index in [9.17, 15) is 0 Å². The van der Waals surface area contributed by atoms with Gasteiger partial charge >= 0.3 is 0 Å². The predicted octanol–water partition coefficient (Wildman–Crippen LogP) is 16.8. The number of allylic oxidation sites excluding steroid dienone is 1. The highest BCUT2D eigenvalue weighted by Crippen LogP contribution is 2.58. The third-order valence-corrected chi connectivity index (χ3v) is 16.4. The van der Waals surface area contributed by atoms with Crippen LogP contribution in [0.2, 0.25) is 0 Å². The SMILES string of the molecule is Brc1cccc(-c2cccnc2)n1.C1=Cc2c(cnc3c2-c2ccccc2C3(c2ccccc2)c2ccccc2)C1.c1ccc(C2(c3ccccc3)c3ccccc3-c3c2ncc2c3ccn2-c2cccc(-c3cccnc3)n2)cc1. The van der Waals surface area contributed by atoms with E-state index in [-0.39, 0.29) is 5.41 Å². The molecule has 16 rings (SSSR count). The summed E-state index contributed by atoms with van der Waals surface area (Å²) in [5, 5.41) is 1.17. The van der Waals surface area contributed by atoms with Crippen molar-refractivity contribution in [3.63, 3.8) is 0 Å². The summed E-state index contributed by atoms with van der Waals surface area (Å²) in [6.45, 7) is 0. The Morgan fingerprint density at radius 2 is 0.914 bits per heavy atom. The first-order chi connectivity index (χ1) is 40.1. The Bertz CT molecular complexity index is 4360. The van der Waals surface area contributed by atoms with Crippen LogP contribution in [-0.2, 0) is 17.3 Å². The zero-order valence-electron chi connectivity index (χ0n) is 43.9. The maximum Gasteiger partial charge on any atom is 0.137 e. The molecule has 0 amide bonds. The van der Waals surface area contributed by atoms with Gasteiger partial charge in [0.2, 0.25) is 0 Å². The normalized spacial score (nSPS) is 13.3. The average Bonchev–Trinajstić information content (AvgIpc) is 4.47. The molecule has 0 radical (unpaired) electrons. The van der Waals surface area contributed by atoms with Crippen LogP contribution in [0.1, 0.15) is 55.9 Å². The Balaban J connectivity index is 0.000000124. The maximum atomic E-state index is 5.29. The van der Waals surface area contributed by atoms with Gasteiger partial charge in [-0.05, 0) is 133 Å². The minimum atomic E-state index is -0.511. The number of fused-ring (bicyclic) bond motifs is 10. The van der Waals surface area contributed by atoms with E-state index >= 15 is 0 Å². The fourth-order valence-corrected chi connectivity index (χ4v) is 12.9. The fourth-order valence-electron chi connectivity index (χ4n) is 12.5. The van der Waals surface area contributed by atoms with Crippen LogP contribution in [0.4, 0.5) is 0 Å². The van der Waals surface area contributed by atoms with Gasteiger partial charge in [0.15, 0.2) is 0 Å². The molecule has 3 aliphatic carbocycles. The van der Waals surface area contributed by atoms with Crippen LogP contribution in [0.3, 0.4) is 0 Å². The van der Waals surface area contributed by atoms with Crippen LogP contribution in [0, 0.1) is 0 Å². The van der Waals surface area contributed by atoms with E-state index in [1.54, 1.807) is 18.6 Å². The van der Waals surface area contributed by atoms with E-state index < -0.39 is 5.41 Å². The molecule has 6 aromatic carbocycles. The summed E-state index contributed by atoms with van der Waals surface area (Å²) in [5.41, 5.74) is 21.4. The number of nitrogens with zero attached hydrogens (tertiary/aromatic N) is 7. The highest BCUT2D eigenvalue weighted by Gasteiger charge is 2.50. The highest BCUT2D eigenvalue weighted by molar-refractivity contribution is 9.10. The average molecular weight is 1110 g/mol. The lowest BCUT2D eigenvalue weighted by molar-refractivity contribution is 0.737. The van der Waals surface area contributed by atoms with Crippen LogP contribution in [0.25, 0.3) is 67.6 Å². The summed E-state index contributed by atoms with van der Waals surface area (Å²) in [6, 6.07) is 82.8. The van der Waals surface area contributed by atoms with Crippen molar-refractivity contribution in [3.05, 3.63) is 347 Å². The molecule has 0 saturated heterocycles. The molecule has 0 fully saturated rings. The zero-order chi connectivity index (χ0) is 54.2. The third-order valence-electron chi connectivity index (χ3n) is 15.9. The van der Waals surface area contributed by atoms with Gasteiger partial charge in [-0.3, -0.25) is 24.5 Å². The van der Waals surface area contributed by atoms with Crippen LogP contribution >= 0.6 is 15.9 Å². The summed E-state index contributed by atoms with van der Waals surface area (Å²) in [7, 11) is 0. The molecule has 8 heteroatoms. The van der Waals surface area contributed by atoms with Gasteiger partial charge < -0.3 is 0 Å². The first-order valence-electron chi connectivity index (χ1n) is 27.1. The van der Waals surface area contributed by atoms with E-state index in [0.717, 1.165) is 56.3 Å². The lowest BCUT2D eigenvalue weighted by Gasteiger charge is -2.32. The molecule has 0 saturated carbocycles. The molecule has 0 N–H and O–H groups in total. The zero-order valence-corrected chi connectivity index (χ0v) is 45.5. The smallest absolute Gasteiger partial charge is 0.137 e. The monoisotopic (exact) mass is 1100 g/mol. The van der Waals surface area contributed by atoms with Crippen LogP contribution in [0.15, 0.2) is 291 Å². The van der Waals surface area contributed by atoms with Crippen molar-refractivity contribution in [2.75, 3.05) is 0 Å². The van der Waals surface area contributed by atoms with Gasteiger partial charge in [0, 0.05) is 64.8 Å². The lowest BCUT2D eigenvalue weighted by Crippen LogP contribution is -2.29. The van der Waals surface area contributed by atoms with Gasteiger partial charge in [-0.15, -0.1) is 0 Å². The molecule has 3 aliphatic rings. The van der Waals surface area contributed by atoms with E-state index in [0.29, 0.717) is 0 Å². The third kappa shape index (κ3) is 8.33. The number of pyridine rings is 6. The van der Waals surface area contributed by atoms with Crippen molar-refractivity contribution >= 4 is 32.9 Å². The number of aromatic nitrogens is 7. The van der Waals surface area contributed by atoms with E-state index in [2.05, 4.69) is 236 Å². The summed E-state index contributed by atoms with van der Waals surface area (Å²) < 4.78 is 2.98. The number of hydrogen-bond acceptors (Lipinski definition) is 6. The Labute approximate surface area is 478 Å². The minimum absolute atomic E-state index is 0.389. The molecule has 0 bridgehead atoms. The predicted molar refractivity (Wildman–Crippen MR) is 329 cm³/mol.